The molecule has 288 valence electrons. The number of ketones is 1. The van der Waals surface area contributed by atoms with E-state index in [4.69, 9.17) is 35.5 Å². The maximum absolute atomic E-state index is 13.5. The molecule has 3 aromatic rings. The highest BCUT2D eigenvalue weighted by molar-refractivity contribution is 6.31. The quantitative estimate of drug-likeness (QED) is 0.0836. The van der Waals surface area contributed by atoms with Crippen LogP contribution >= 0.6 is 11.6 Å². The van der Waals surface area contributed by atoms with Crippen LogP contribution in [0.3, 0.4) is 0 Å². The van der Waals surface area contributed by atoms with Crippen LogP contribution in [-0.4, -0.2) is 87.3 Å². The molecule has 0 atom stereocenters. The molecule has 11 nitrogen and oxygen atoms in total. The summed E-state index contributed by atoms with van der Waals surface area (Å²) in [6.45, 7) is 13.7. The zero-order chi connectivity index (χ0) is 39.0. The van der Waals surface area contributed by atoms with Crippen LogP contribution in [0.25, 0.3) is 0 Å². The van der Waals surface area contributed by atoms with Gasteiger partial charge in [0.25, 0.3) is 0 Å². The van der Waals surface area contributed by atoms with Gasteiger partial charge in [-0.1, -0.05) is 39.3 Å². The number of anilines is 1. The first kappa shape index (κ1) is 40.5. The van der Waals surface area contributed by atoms with Gasteiger partial charge >= 0.3 is 11.9 Å². The number of pyridine rings is 1. The zero-order valence-corrected chi connectivity index (χ0v) is 32.9. The number of benzene rings is 2. The summed E-state index contributed by atoms with van der Waals surface area (Å²) in [5.74, 6) is 1.34. The standard InChI is InChI=1S/C42H51ClN4O7/c1-41(2)36(42(3,4)40(41)54-32-12-10-28(26-44)34(43)24-32)25-35(48)29-11-15-37(45-27-29)47-19-17-46(18-20-47)16-8-7-9-21-53-31-13-14-33(39(50)52-6)30(22-31)23-38(49)51-5/h10-15,22,24,27,36,40H,7-9,16-21,23,25H2,1-6H3. The van der Waals surface area contributed by atoms with Crippen molar-refractivity contribution in [2.24, 2.45) is 16.7 Å². The summed E-state index contributed by atoms with van der Waals surface area (Å²) >= 11 is 6.24. The second kappa shape index (κ2) is 17.7. The molecule has 1 aliphatic heterocycles. The average molecular weight is 759 g/mol. The fraction of sp³-hybridized carbons (Fsp3) is 0.500. The number of hydrogen-bond acceptors (Lipinski definition) is 11. The molecule has 1 saturated heterocycles. The number of Topliss-reactive ketones (excluding diaryl/α,β-unsaturated/α-hetero) is 1. The van der Waals surface area contributed by atoms with Crippen molar-refractivity contribution in [2.45, 2.75) is 65.9 Å². The van der Waals surface area contributed by atoms with Crippen LogP contribution in [0.2, 0.25) is 5.02 Å². The van der Waals surface area contributed by atoms with Crippen LogP contribution in [0.1, 0.15) is 85.2 Å². The fourth-order valence-electron chi connectivity index (χ4n) is 8.20. The molecule has 2 heterocycles. The Hall–Kier alpha value is -4.66. The summed E-state index contributed by atoms with van der Waals surface area (Å²) < 4.78 is 21.9. The minimum absolute atomic E-state index is 0.0393. The van der Waals surface area contributed by atoms with Crippen molar-refractivity contribution in [3.63, 3.8) is 0 Å². The number of carbonyl (C=O) groups excluding carboxylic acids is 3. The number of carbonyl (C=O) groups is 3. The van der Waals surface area contributed by atoms with Gasteiger partial charge in [0.2, 0.25) is 0 Å². The Morgan fingerprint density at radius 2 is 1.63 bits per heavy atom. The number of piperazine rings is 1. The zero-order valence-electron chi connectivity index (χ0n) is 32.2. The number of unbranched alkanes of at least 4 members (excludes halogenated alkanes) is 2. The fourth-order valence-corrected chi connectivity index (χ4v) is 8.41. The molecule has 0 bridgehead atoms. The van der Waals surface area contributed by atoms with Crippen LogP contribution in [0.15, 0.2) is 54.7 Å². The lowest BCUT2D eigenvalue weighted by atomic mass is 9.44. The van der Waals surface area contributed by atoms with Crippen molar-refractivity contribution in [1.82, 2.24) is 9.88 Å². The predicted molar refractivity (Wildman–Crippen MR) is 206 cm³/mol. The largest absolute Gasteiger partial charge is 0.494 e. The summed E-state index contributed by atoms with van der Waals surface area (Å²) in [5, 5.41) is 9.56. The van der Waals surface area contributed by atoms with E-state index in [2.05, 4.69) is 43.6 Å². The second-order valence-electron chi connectivity index (χ2n) is 15.3. The normalized spacial score (nSPS) is 18.9. The van der Waals surface area contributed by atoms with Crippen LogP contribution in [0.5, 0.6) is 11.5 Å². The van der Waals surface area contributed by atoms with E-state index in [0.29, 0.717) is 51.8 Å². The van der Waals surface area contributed by atoms with Crippen LogP contribution < -0.4 is 14.4 Å². The van der Waals surface area contributed by atoms with Gasteiger partial charge in [0.15, 0.2) is 5.78 Å². The van der Waals surface area contributed by atoms with E-state index in [0.717, 1.165) is 57.8 Å². The van der Waals surface area contributed by atoms with Crippen molar-refractivity contribution >= 4 is 35.1 Å². The highest BCUT2D eigenvalue weighted by atomic mass is 35.5. The van der Waals surface area contributed by atoms with Crippen molar-refractivity contribution in [3.05, 3.63) is 82.0 Å². The van der Waals surface area contributed by atoms with Crippen molar-refractivity contribution in [1.29, 1.82) is 5.26 Å². The molecule has 0 N–H and O–H groups in total. The molecule has 0 unspecified atom stereocenters. The lowest BCUT2D eigenvalue weighted by Crippen LogP contribution is -2.66. The van der Waals surface area contributed by atoms with Gasteiger partial charge in [-0.25, -0.2) is 9.78 Å². The van der Waals surface area contributed by atoms with Crippen molar-refractivity contribution in [3.8, 4) is 17.6 Å². The molecule has 2 aliphatic rings. The number of rotatable bonds is 16. The molecule has 1 aliphatic carbocycles. The topological polar surface area (TPSA) is 131 Å². The van der Waals surface area contributed by atoms with Gasteiger partial charge < -0.3 is 23.8 Å². The highest BCUT2D eigenvalue weighted by Gasteiger charge is 2.63. The summed E-state index contributed by atoms with van der Waals surface area (Å²) in [6, 6.07) is 16.1. The van der Waals surface area contributed by atoms with Crippen LogP contribution in [0.4, 0.5) is 5.82 Å². The Morgan fingerprint density at radius 1 is 0.907 bits per heavy atom. The van der Waals surface area contributed by atoms with Crippen LogP contribution in [-0.2, 0) is 20.7 Å². The highest BCUT2D eigenvalue weighted by Crippen LogP contribution is 2.61. The molecule has 5 rings (SSSR count). The molecule has 0 amide bonds. The molecule has 2 fully saturated rings. The van der Waals surface area contributed by atoms with E-state index >= 15 is 0 Å². The number of nitrogens with zero attached hydrogens (tertiary/aromatic N) is 4. The van der Waals surface area contributed by atoms with Gasteiger partial charge in [0.1, 0.15) is 29.5 Å². The first-order valence-electron chi connectivity index (χ1n) is 18.5. The number of ether oxygens (including phenoxy) is 4. The summed E-state index contributed by atoms with van der Waals surface area (Å²) in [7, 11) is 2.62. The third kappa shape index (κ3) is 9.34. The average Bonchev–Trinajstić information content (AvgIpc) is 3.17. The molecule has 2 aromatic carbocycles. The van der Waals surface area contributed by atoms with Gasteiger partial charge in [0.05, 0.1) is 43.4 Å². The van der Waals surface area contributed by atoms with Crippen LogP contribution in [0, 0.1) is 28.1 Å². The number of methoxy groups -OCH3 is 2. The van der Waals surface area contributed by atoms with E-state index in [1.165, 1.54) is 14.2 Å². The van der Waals surface area contributed by atoms with Gasteiger partial charge in [0, 0.05) is 61.3 Å². The van der Waals surface area contributed by atoms with Gasteiger partial charge in [-0.05, 0) is 79.8 Å². The van der Waals surface area contributed by atoms with E-state index in [1.54, 1.807) is 42.6 Å². The maximum atomic E-state index is 13.5. The van der Waals surface area contributed by atoms with E-state index in [-0.39, 0.29) is 35.1 Å². The third-order valence-electron chi connectivity index (χ3n) is 11.1. The van der Waals surface area contributed by atoms with E-state index in [9.17, 15) is 19.6 Å². The number of aromatic nitrogens is 1. The summed E-state index contributed by atoms with van der Waals surface area (Å²) in [6.07, 6.45) is 4.91. The van der Waals surface area contributed by atoms with Gasteiger partial charge in [-0.15, -0.1) is 0 Å². The lowest BCUT2D eigenvalue weighted by molar-refractivity contribution is -0.196. The first-order chi connectivity index (χ1) is 25.8. The van der Waals surface area contributed by atoms with E-state index < -0.39 is 11.9 Å². The van der Waals surface area contributed by atoms with Crippen molar-refractivity contribution in [2.75, 3.05) is 58.5 Å². The van der Waals surface area contributed by atoms with Gasteiger partial charge in [-0.3, -0.25) is 14.5 Å². The number of esters is 2. The smallest absolute Gasteiger partial charge is 0.338 e. The Morgan fingerprint density at radius 3 is 2.26 bits per heavy atom. The molecular weight excluding hydrogens is 708 g/mol. The second-order valence-corrected chi connectivity index (χ2v) is 15.7. The van der Waals surface area contributed by atoms with Crippen molar-refractivity contribution < 1.29 is 33.3 Å². The Labute approximate surface area is 323 Å². The molecule has 0 radical (unpaired) electrons. The van der Waals surface area contributed by atoms with Gasteiger partial charge in [-0.2, -0.15) is 5.26 Å². The van der Waals surface area contributed by atoms with E-state index in [1.807, 2.05) is 12.1 Å². The minimum atomic E-state index is -0.508. The maximum Gasteiger partial charge on any atom is 0.338 e. The Kier molecular flexibility index (Phi) is 13.2. The number of hydrogen-bond donors (Lipinski definition) is 0. The molecule has 12 heteroatoms. The monoisotopic (exact) mass is 758 g/mol. The molecule has 0 spiro atoms. The Bertz CT molecular complexity index is 1830. The predicted octanol–water partition coefficient (Wildman–Crippen LogP) is 7.18. The minimum Gasteiger partial charge on any atom is -0.494 e. The lowest BCUT2D eigenvalue weighted by Gasteiger charge is -2.63. The molecule has 1 saturated carbocycles. The molecular formula is C42H51ClN4O7. The SMILES string of the molecule is COC(=O)Cc1cc(OCCCCCN2CCN(c3ccc(C(=O)CC4C(C)(C)C(Oc5ccc(C#N)c(Cl)c5)C4(C)C)cn3)CC2)ccc1C(=O)OC. The third-order valence-corrected chi connectivity index (χ3v) is 11.4. The number of halogens is 1. The number of nitriles is 1. The first-order valence-corrected chi connectivity index (χ1v) is 18.9. The summed E-state index contributed by atoms with van der Waals surface area (Å²) in [4.78, 5) is 46.8. The molecule has 54 heavy (non-hydrogen) atoms. The molecule has 1 aromatic heterocycles. The Balaban J connectivity index is 1.02. The summed E-state index contributed by atoms with van der Waals surface area (Å²) in [5.41, 5.74) is 1.36.